The fourth-order valence-corrected chi connectivity index (χ4v) is 6.96. The zero-order valence-electron chi connectivity index (χ0n) is 23.1. The average molecular weight is 579 g/mol. The molecule has 1 aromatic heterocycles. The number of nitrogens with one attached hydrogen (secondary N) is 3. The Morgan fingerprint density at radius 3 is 2.63 bits per heavy atom. The van der Waals surface area contributed by atoms with Crippen molar-refractivity contribution in [1.29, 1.82) is 0 Å². The number of anilines is 1. The van der Waals surface area contributed by atoms with E-state index in [9.17, 15) is 19.0 Å². The highest BCUT2D eigenvalue weighted by Crippen LogP contribution is 2.51. The molecule has 1 saturated heterocycles. The van der Waals surface area contributed by atoms with E-state index >= 15 is 0 Å². The molecule has 1 amide bonds. The van der Waals surface area contributed by atoms with E-state index in [1.807, 2.05) is 60.7 Å². The van der Waals surface area contributed by atoms with Crippen molar-refractivity contribution < 1.29 is 23.7 Å². The van der Waals surface area contributed by atoms with Crippen LogP contribution in [0, 0.1) is 0 Å². The number of hydrogen-bond acceptors (Lipinski definition) is 7. The summed E-state index contributed by atoms with van der Waals surface area (Å²) in [4.78, 5) is 16.8. The van der Waals surface area contributed by atoms with Gasteiger partial charge in [0.15, 0.2) is 0 Å². The van der Waals surface area contributed by atoms with E-state index in [4.69, 9.17) is 4.74 Å². The Bertz CT molecular complexity index is 1460. The third-order valence-electron chi connectivity index (χ3n) is 7.46. The predicted molar refractivity (Wildman–Crippen MR) is 165 cm³/mol. The third-order valence-corrected chi connectivity index (χ3v) is 9.38. The summed E-state index contributed by atoms with van der Waals surface area (Å²) in [5, 5.41) is 18.4. The zero-order chi connectivity index (χ0) is 28.8. The second-order valence-corrected chi connectivity index (χ2v) is 12.5. The number of methoxy groups -OCH3 is 1. The molecular formula is C31H38N4O5S. The number of nitrogens with zero attached hydrogens (tertiary/aromatic N) is 1. The molecular weight excluding hydrogens is 540 g/mol. The Balaban J connectivity index is 1.35. The Morgan fingerprint density at radius 2 is 1.85 bits per heavy atom. The maximum absolute atomic E-state index is 13.7. The predicted octanol–water partition coefficient (Wildman–Crippen LogP) is 4.93. The van der Waals surface area contributed by atoms with Crippen molar-refractivity contribution in [3.8, 4) is 5.75 Å². The minimum absolute atomic E-state index is 0.268. The van der Waals surface area contributed by atoms with Crippen LogP contribution in [-0.2, 0) is 13.0 Å². The van der Waals surface area contributed by atoms with E-state index in [0.717, 1.165) is 40.6 Å². The minimum Gasteiger partial charge on any atom is -0.497 e. The molecule has 218 valence electrons. The lowest BCUT2D eigenvalue weighted by Gasteiger charge is -2.47. The van der Waals surface area contributed by atoms with Crippen LogP contribution in [0.2, 0.25) is 0 Å². The number of carbonyl (C=O) groups is 1. The molecule has 0 aliphatic carbocycles. The van der Waals surface area contributed by atoms with Gasteiger partial charge in [-0.3, -0.25) is 18.2 Å². The number of aliphatic hydroxyl groups excluding tert-OH is 1. The van der Waals surface area contributed by atoms with Crippen LogP contribution in [0.4, 0.5) is 5.69 Å². The van der Waals surface area contributed by atoms with Crippen LogP contribution >= 0.6 is 10.8 Å². The fourth-order valence-electron chi connectivity index (χ4n) is 5.26. The second-order valence-electron chi connectivity index (χ2n) is 10.4. The molecule has 5 rings (SSSR count). The highest BCUT2D eigenvalue weighted by molar-refractivity contribution is 8.25. The summed E-state index contributed by atoms with van der Waals surface area (Å²) in [6, 6.07) is 22.3. The van der Waals surface area contributed by atoms with Crippen LogP contribution < -0.4 is 19.7 Å². The van der Waals surface area contributed by atoms with Crippen LogP contribution in [0.15, 0.2) is 79.0 Å². The molecule has 1 aliphatic heterocycles. The number of hydrogen-bond donors (Lipinski definition) is 6. The van der Waals surface area contributed by atoms with Crippen LogP contribution in [0.5, 0.6) is 5.75 Å². The summed E-state index contributed by atoms with van der Waals surface area (Å²) in [7, 11) is -1.35. The van der Waals surface area contributed by atoms with Crippen molar-refractivity contribution in [2.75, 3.05) is 30.3 Å². The molecule has 0 spiro atoms. The molecule has 0 unspecified atom stereocenters. The molecule has 9 nitrogen and oxygen atoms in total. The SMILES string of the molecule is COc1cccc(CNC[C@H](O)[C@H](Cc2ccccc2)NC(=O)c2cc(N3CCCCS3(O)O)c3cc[nH]c3c2)c1. The van der Waals surface area contributed by atoms with Gasteiger partial charge in [0.1, 0.15) is 5.75 Å². The van der Waals surface area contributed by atoms with Gasteiger partial charge in [-0.1, -0.05) is 42.5 Å². The molecule has 1 fully saturated rings. The molecule has 41 heavy (non-hydrogen) atoms. The number of carbonyl (C=O) groups excluding carboxylic acids is 1. The smallest absolute Gasteiger partial charge is 0.251 e. The lowest BCUT2D eigenvalue weighted by molar-refractivity contribution is 0.0830. The van der Waals surface area contributed by atoms with Crippen molar-refractivity contribution in [2.24, 2.45) is 0 Å². The lowest BCUT2D eigenvalue weighted by Crippen LogP contribution is -2.48. The van der Waals surface area contributed by atoms with Gasteiger partial charge in [-0.2, -0.15) is 0 Å². The topological polar surface area (TPSA) is 130 Å². The van der Waals surface area contributed by atoms with Gasteiger partial charge < -0.3 is 25.5 Å². The summed E-state index contributed by atoms with van der Waals surface area (Å²) in [6.07, 6.45) is 2.94. The van der Waals surface area contributed by atoms with E-state index in [1.54, 1.807) is 29.7 Å². The van der Waals surface area contributed by atoms with E-state index < -0.39 is 22.9 Å². The molecule has 0 radical (unpaired) electrons. The van der Waals surface area contributed by atoms with Gasteiger partial charge in [-0.05, 0) is 60.7 Å². The number of aliphatic hydroxyl groups is 1. The Kier molecular flexibility index (Phi) is 9.16. The number of aromatic nitrogens is 1. The quantitative estimate of drug-likeness (QED) is 0.149. The Labute approximate surface area is 242 Å². The largest absolute Gasteiger partial charge is 0.497 e. The molecule has 2 atom stereocenters. The van der Waals surface area contributed by atoms with Crippen molar-refractivity contribution in [3.63, 3.8) is 0 Å². The van der Waals surface area contributed by atoms with Gasteiger partial charge in [0, 0.05) is 42.3 Å². The molecule has 0 saturated carbocycles. The van der Waals surface area contributed by atoms with Crippen LogP contribution in [0.25, 0.3) is 10.9 Å². The number of ether oxygens (including phenoxy) is 1. The van der Waals surface area contributed by atoms with Crippen LogP contribution in [-0.4, -0.2) is 63.2 Å². The van der Waals surface area contributed by atoms with Crippen molar-refractivity contribution in [2.45, 2.75) is 38.0 Å². The van der Waals surface area contributed by atoms with Crippen LogP contribution in [0.3, 0.4) is 0 Å². The Morgan fingerprint density at radius 1 is 1.05 bits per heavy atom. The molecule has 6 N–H and O–H groups in total. The van der Waals surface area contributed by atoms with Gasteiger partial charge >= 0.3 is 0 Å². The number of H-pyrrole nitrogens is 1. The second kappa shape index (κ2) is 13.0. The molecule has 10 heteroatoms. The molecule has 0 bridgehead atoms. The fraction of sp³-hybridized carbons (Fsp3) is 0.323. The zero-order valence-corrected chi connectivity index (χ0v) is 23.9. The van der Waals surface area contributed by atoms with E-state index in [2.05, 4.69) is 15.6 Å². The average Bonchev–Trinajstić information content (AvgIpc) is 3.46. The molecule has 3 aromatic carbocycles. The normalized spacial score (nSPS) is 17.1. The summed E-state index contributed by atoms with van der Waals surface area (Å²) < 4.78 is 28.5. The number of rotatable bonds is 11. The number of aromatic amines is 1. The standard InChI is InChI=1S/C31H38N4O5S/c1-40-25-11-7-10-23(16-25)20-32-21-30(36)28(17-22-8-3-2-4-9-22)34-31(37)24-18-27-26(12-13-33-27)29(19-24)35-14-5-6-15-41(35,38)39/h2-4,7-13,16,18-19,28,30,32-33,36,38-39H,5-6,14-15,17,20-21H2,1H3,(H,34,37)/t28-,30-/m0/s1. The first kappa shape index (κ1) is 29.0. The van der Waals surface area contributed by atoms with Crippen molar-refractivity contribution >= 4 is 33.3 Å². The highest BCUT2D eigenvalue weighted by atomic mass is 32.3. The first-order valence-corrected chi connectivity index (χ1v) is 15.5. The number of amides is 1. The van der Waals surface area contributed by atoms with Crippen molar-refractivity contribution in [3.05, 3.63) is 95.7 Å². The molecule has 4 aromatic rings. The number of fused-ring (bicyclic) bond motifs is 1. The Hall–Kier alpha value is -3.54. The first-order chi connectivity index (χ1) is 19.8. The number of benzene rings is 3. The van der Waals surface area contributed by atoms with Gasteiger partial charge in [0.25, 0.3) is 5.91 Å². The molecule has 1 aliphatic rings. The summed E-state index contributed by atoms with van der Waals surface area (Å²) in [5.74, 6) is 0.732. The summed E-state index contributed by atoms with van der Waals surface area (Å²) in [6.45, 7) is 1.31. The monoisotopic (exact) mass is 578 g/mol. The molecule has 2 heterocycles. The van der Waals surface area contributed by atoms with E-state index in [-0.39, 0.29) is 12.5 Å². The third kappa shape index (κ3) is 7.03. The highest BCUT2D eigenvalue weighted by Gasteiger charge is 2.30. The van der Waals surface area contributed by atoms with E-state index in [1.165, 1.54) is 0 Å². The minimum atomic E-state index is -2.97. The van der Waals surface area contributed by atoms with Gasteiger partial charge in [0.2, 0.25) is 0 Å². The van der Waals surface area contributed by atoms with Gasteiger partial charge in [0.05, 0.1) is 30.7 Å². The van der Waals surface area contributed by atoms with Gasteiger partial charge in [-0.25, -0.2) is 0 Å². The maximum atomic E-state index is 13.7. The lowest BCUT2D eigenvalue weighted by atomic mass is 10.00. The first-order valence-electron chi connectivity index (χ1n) is 13.9. The maximum Gasteiger partial charge on any atom is 0.251 e. The van der Waals surface area contributed by atoms with Gasteiger partial charge in [-0.15, -0.1) is 10.8 Å². The van der Waals surface area contributed by atoms with E-state index in [0.29, 0.717) is 36.5 Å². The van der Waals surface area contributed by atoms with Crippen LogP contribution in [0.1, 0.15) is 34.3 Å². The van der Waals surface area contributed by atoms with Crippen molar-refractivity contribution in [1.82, 2.24) is 15.6 Å². The summed E-state index contributed by atoms with van der Waals surface area (Å²) >= 11 is 0. The summed E-state index contributed by atoms with van der Waals surface area (Å²) in [5.41, 5.74) is 3.75.